The Morgan fingerprint density at radius 2 is 2.09 bits per heavy atom. The van der Waals surface area contributed by atoms with Crippen LogP contribution in [0.4, 0.5) is 0 Å². The van der Waals surface area contributed by atoms with E-state index in [-0.39, 0.29) is 31.2 Å². The van der Waals surface area contributed by atoms with E-state index in [0.29, 0.717) is 25.2 Å². The molecule has 2 N–H and O–H groups in total. The molecule has 0 aliphatic carbocycles. The minimum Gasteiger partial charge on any atom is -0.368 e. The third kappa shape index (κ3) is 3.33. The maximum absolute atomic E-state index is 12.0. The van der Waals surface area contributed by atoms with Gasteiger partial charge in [-0.25, -0.2) is 0 Å². The first-order valence-corrected chi connectivity index (χ1v) is 7.47. The number of benzene rings is 1. The van der Waals surface area contributed by atoms with Crippen molar-refractivity contribution >= 4 is 11.8 Å². The Morgan fingerprint density at radius 1 is 1.35 bits per heavy atom. The van der Waals surface area contributed by atoms with Crippen molar-refractivity contribution in [2.24, 2.45) is 5.73 Å². The molecule has 2 aliphatic rings. The van der Waals surface area contributed by atoms with Crippen LogP contribution in [0.3, 0.4) is 0 Å². The molecule has 0 unspecified atom stereocenters. The van der Waals surface area contributed by atoms with Crippen LogP contribution in [0.1, 0.15) is 11.1 Å². The van der Waals surface area contributed by atoms with Gasteiger partial charge in [0.1, 0.15) is 6.61 Å². The lowest BCUT2D eigenvalue weighted by Gasteiger charge is -2.35. The molecular formula is C16H18N4O3. The fraction of sp³-hybridized carbons (Fsp3) is 0.438. The maximum atomic E-state index is 12.0. The lowest BCUT2D eigenvalue weighted by atomic mass is 10.1. The third-order valence-electron chi connectivity index (χ3n) is 4.27. The van der Waals surface area contributed by atoms with Gasteiger partial charge in [-0.1, -0.05) is 12.1 Å². The van der Waals surface area contributed by atoms with Gasteiger partial charge in [-0.2, -0.15) is 5.26 Å². The third-order valence-corrected chi connectivity index (χ3v) is 4.27. The molecule has 0 spiro atoms. The normalized spacial score (nSPS) is 24.3. The Bertz CT molecular complexity index is 652. The van der Waals surface area contributed by atoms with Gasteiger partial charge in [0.25, 0.3) is 0 Å². The molecule has 2 aliphatic heterocycles. The van der Waals surface area contributed by atoms with Crippen molar-refractivity contribution in [1.29, 1.82) is 5.26 Å². The number of carbonyl (C=O) groups is 2. The lowest BCUT2D eigenvalue weighted by Crippen LogP contribution is -2.56. The Kier molecular flexibility index (Phi) is 4.28. The van der Waals surface area contributed by atoms with Crippen LogP contribution >= 0.6 is 0 Å². The van der Waals surface area contributed by atoms with Crippen molar-refractivity contribution in [1.82, 2.24) is 9.80 Å². The summed E-state index contributed by atoms with van der Waals surface area (Å²) in [6.07, 6.45) is -0.0922. The van der Waals surface area contributed by atoms with E-state index in [2.05, 4.69) is 11.0 Å². The molecule has 2 amide bonds. The summed E-state index contributed by atoms with van der Waals surface area (Å²) in [6.45, 7) is 1.99. The second kappa shape index (κ2) is 6.36. The molecule has 1 aromatic rings. The summed E-state index contributed by atoms with van der Waals surface area (Å²) in [5.41, 5.74) is 6.96. The molecule has 2 saturated heterocycles. The zero-order valence-electron chi connectivity index (χ0n) is 12.6. The largest absolute Gasteiger partial charge is 0.368 e. The Morgan fingerprint density at radius 3 is 2.74 bits per heavy atom. The second-order valence-corrected chi connectivity index (χ2v) is 5.91. The van der Waals surface area contributed by atoms with Crippen molar-refractivity contribution < 1.29 is 14.3 Å². The van der Waals surface area contributed by atoms with Crippen molar-refractivity contribution in [3.63, 3.8) is 0 Å². The van der Waals surface area contributed by atoms with Crippen molar-refractivity contribution in [2.45, 2.75) is 18.7 Å². The van der Waals surface area contributed by atoms with Gasteiger partial charge in [0.05, 0.1) is 30.3 Å². The predicted octanol–water partition coefficient (Wildman–Crippen LogP) is -0.545. The van der Waals surface area contributed by atoms with E-state index in [1.807, 2.05) is 12.1 Å². The van der Waals surface area contributed by atoms with Crippen molar-refractivity contribution in [3.8, 4) is 6.07 Å². The van der Waals surface area contributed by atoms with Crippen LogP contribution in [0.2, 0.25) is 0 Å². The Balaban J connectivity index is 1.67. The van der Waals surface area contributed by atoms with Crippen LogP contribution in [-0.2, 0) is 20.9 Å². The van der Waals surface area contributed by atoms with Crippen molar-refractivity contribution in [3.05, 3.63) is 35.4 Å². The molecule has 120 valence electrons. The first-order chi connectivity index (χ1) is 11.1. The van der Waals surface area contributed by atoms with E-state index in [0.717, 1.165) is 5.56 Å². The minimum absolute atomic E-state index is 0.000840. The van der Waals surface area contributed by atoms with Crippen molar-refractivity contribution in [2.75, 3.05) is 26.2 Å². The molecule has 3 rings (SSSR count). The molecule has 1 aromatic carbocycles. The summed E-state index contributed by atoms with van der Waals surface area (Å²) in [5, 5.41) is 8.83. The van der Waals surface area contributed by atoms with E-state index in [1.54, 1.807) is 12.1 Å². The molecule has 2 atom stereocenters. The molecule has 0 bridgehead atoms. The standard InChI is InChI=1S/C16H18N4O3/c17-5-11-1-3-12(4-2-11)6-19-7-13-14(8-19)23-10-16(22)20(13)9-15(18)21/h1-4,13-14H,6-10H2,(H2,18,21)/t13-,14+/m1/s1. The van der Waals surface area contributed by atoms with E-state index < -0.39 is 5.91 Å². The number of hydrogen-bond acceptors (Lipinski definition) is 5. The average molecular weight is 314 g/mol. The van der Waals surface area contributed by atoms with Gasteiger partial charge in [0.15, 0.2) is 0 Å². The Labute approximate surface area is 134 Å². The van der Waals surface area contributed by atoms with Gasteiger partial charge in [-0.3, -0.25) is 14.5 Å². The fourth-order valence-electron chi connectivity index (χ4n) is 3.19. The number of hydrogen-bond donors (Lipinski definition) is 1. The number of nitrogens with two attached hydrogens (primary N) is 1. The van der Waals surface area contributed by atoms with Crippen LogP contribution in [0.15, 0.2) is 24.3 Å². The highest BCUT2D eigenvalue weighted by Crippen LogP contribution is 2.24. The summed E-state index contributed by atoms with van der Waals surface area (Å²) < 4.78 is 5.60. The summed E-state index contributed by atoms with van der Waals surface area (Å²) in [6, 6.07) is 9.39. The van der Waals surface area contributed by atoms with E-state index >= 15 is 0 Å². The number of likely N-dealkylation sites (tertiary alicyclic amines) is 1. The molecular weight excluding hydrogens is 296 g/mol. The number of amides is 2. The minimum atomic E-state index is -0.510. The number of nitriles is 1. The highest BCUT2D eigenvalue weighted by molar-refractivity contribution is 5.85. The Hall–Kier alpha value is -2.43. The molecule has 2 heterocycles. The number of rotatable bonds is 4. The van der Waals surface area contributed by atoms with Gasteiger partial charge in [0.2, 0.25) is 11.8 Å². The zero-order valence-corrected chi connectivity index (χ0v) is 12.6. The molecule has 23 heavy (non-hydrogen) atoms. The van der Waals surface area contributed by atoms with E-state index in [4.69, 9.17) is 15.7 Å². The summed E-state index contributed by atoms with van der Waals surface area (Å²) in [4.78, 5) is 26.9. The van der Waals surface area contributed by atoms with E-state index in [1.165, 1.54) is 4.90 Å². The molecule has 0 radical (unpaired) electrons. The number of nitrogens with zero attached hydrogens (tertiary/aromatic N) is 3. The molecule has 7 nitrogen and oxygen atoms in total. The van der Waals surface area contributed by atoms with Crippen LogP contribution in [-0.4, -0.2) is 60.0 Å². The number of ether oxygens (including phenoxy) is 1. The van der Waals surface area contributed by atoms with Crippen LogP contribution in [0.5, 0.6) is 0 Å². The second-order valence-electron chi connectivity index (χ2n) is 5.91. The molecule has 2 fully saturated rings. The van der Waals surface area contributed by atoms with Gasteiger partial charge in [0, 0.05) is 19.6 Å². The van der Waals surface area contributed by atoms with Crippen LogP contribution < -0.4 is 5.73 Å². The van der Waals surface area contributed by atoms with Gasteiger partial charge >= 0.3 is 0 Å². The summed E-state index contributed by atoms with van der Waals surface area (Å²) >= 11 is 0. The first kappa shape index (κ1) is 15.5. The van der Waals surface area contributed by atoms with Crippen LogP contribution in [0, 0.1) is 11.3 Å². The SMILES string of the molecule is N#Cc1ccc(CN2C[C@@H]3OCC(=O)N(CC(N)=O)[C@@H]3C2)cc1. The molecule has 0 saturated carbocycles. The monoisotopic (exact) mass is 314 g/mol. The van der Waals surface area contributed by atoms with Crippen LogP contribution in [0.25, 0.3) is 0 Å². The summed E-state index contributed by atoms with van der Waals surface area (Å²) in [7, 11) is 0. The highest BCUT2D eigenvalue weighted by Gasteiger charge is 2.43. The van der Waals surface area contributed by atoms with E-state index in [9.17, 15) is 9.59 Å². The first-order valence-electron chi connectivity index (χ1n) is 7.47. The van der Waals surface area contributed by atoms with Gasteiger partial charge in [-0.15, -0.1) is 0 Å². The number of morpholine rings is 1. The average Bonchev–Trinajstić information content (AvgIpc) is 2.93. The van der Waals surface area contributed by atoms with Gasteiger partial charge < -0.3 is 15.4 Å². The number of carbonyl (C=O) groups excluding carboxylic acids is 2. The highest BCUT2D eigenvalue weighted by atomic mass is 16.5. The molecule has 0 aromatic heterocycles. The lowest BCUT2D eigenvalue weighted by molar-refractivity contribution is -0.155. The fourth-order valence-corrected chi connectivity index (χ4v) is 3.19. The quantitative estimate of drug-likeness (QED) is 0.804. The maximum Gasteiger partial charge on any atom is 0.249 e. The predicted molar refractivity (Wildman–Crippen MR) is 80.9 cm³/mol. The molecule has 7 heteroatoms. The topological polar surface area (TPSA) is 99.7 Å². The summed E-state index contributed by atoms with van der Waals surface area (Å²) in [5.74, 6) is -0.699. The number of fused-ring (bicyclic) bond motifs is 1. The number of primary amides is 1. The van der Waals surface area contributed by atoms with Gasteiger partial charge in [-0.05, 0) is 17.7 Å². The zero-order chi connectivity index (χ0) is 16.4. The smallest absolute Gasteiger partial charge is 0.249 e.